The van der Waals surface area contributed by atoms with E-state index in [1.807, 2.05) is 74.5 Å². The average Bonchev–Trinajstić information content (AvgIpc) is 3.10. The SMILES string of the molecule is Cc1ccc(N2C(=O)C(Nc3ccc(N4CCN(C)CC4)cc3)=C(c3ccccc3)C2=O)c(C)c1. The normalized spacial score (nSPS) is 16.9. The summed E-state index contributed by atoms with van der Waals surface area (Å²) in [5, 5.41) is 3.28. The summed E-state index contributed by atoms with van der Waals surface area (Å²) in [7, 11) is 2.14. The highest BCUT2D eigenvalue weighted by atomic mass is 16.2. The summed E-state index contributed by atoms with van der Waals surface area (Å²) in [6.45, 7) is 7.98. The van der Waals surface area contributed by atoms with Crippen LogP contribution in [0.4, 0.5) is 17.1 Å². The van der Waals surface area contributed by atoms with Gasteiger partial charge in [0.1, 0.15) is 5.70 Å². The molecule has 0 unspecified atom stereocenters. The van der Waals surface area contributed by atoms with Crippen LogP contribution < -0.4 is 15.1 Å². The summed E-state index contributed by atoms with van der Waals surface area (Å²) < 4.78 is 0. The maximum absolute atomic E-state index is 13.7. The zero-order valence-electron chi connectivity index (χ0n) is 20.4. The minimum absolute atomic E-state index is 0.300. The van der Waals surface area contributed by atoms with Crippen molar-refractivity contribution in [1.29, 1.82) is 0 Å². The molecule has 2 aliphatic rings. The molecule has 0 bridgehead atoms. The van der Waals surface area contributed by atoms with Crippen LogP contribution >= 0.6 is 0 Å². The number of hydrogen-bond donors (Lipinski definition) is 1. The molecule has 1 N–H and O–H groups in total. The maximum Gasteiger partial charge on any atom is 0.282 e. The average molecular weight is 467 g/mol. The van der Waals surface area contributed by atoms with E-state index in [9.17, 15) is 9.59 Å². The van der Waals surface area contributed by atoms with Crippen molar-refractivity contribution in [3.05, 3.63) is 95.2 Å². The topological polar surface area (TPSA) is 55.9 Å². The first-order valence-electron chi connectivity index (χ1n) is 12.0. The quantitative estimate of drug-likeness (QED) is 0.563. The standard InChI is InChI=1S/C29H30N4O2/c1-20-9-14-25(21(2)19-20)33-28(34)26(22-7-5-4-6-8-22)27(29(33)35)30-23-10-12-24(13-11-23)32-17-15-31(3)16-18-32/h4-14,19,30H,15-18H2,1-3H3. The number of carbonyl (C=O) groups excluding carboxylic acids is 2. The number of aryl methyl sites for hydroxylation is 2. The fourth-order valence-electron chi connectivity index (χ4n) is 4.76. The lowest BCUT2D eigenvalue weighted by Gasteiger charge is -2.34. The van der Waals surface area contributed by atoms with Gasteiger partial charge in [-0.1, -0.05) is 48.0 Å². The van der Waals surface area contributed by atoms with Crippen LogP contribution in [0.15, 0.2) is 78.5 Å². The van der Waals surface area contributed by atoms with Crippen LogP contribution in [-0.2, 0) is 9.59 Å². The van der Waals surface area contributed by atoms with Gasteiger partial charge in [-0.3, -0.25) is 9.59 Å². The van der Waals surface area contributed by atoms with Gasteiger partial charge < -0.3 is 15.1 Å². The predicted octanol–water partition coefficient (Wildman–Crippen LogP) is 4.45. The molecular weight excluding hydrogens is 436 g/mol. The first-order valence-corrected chi connectivity index (χ1v) is 12.0. The van der Waals surface area contributed by atoms with Gasteiger partial charge in [0.15, 0.2) is 0 Å². The first kappa shape index (κ1) is 22.9. The Kier molecular flexibility index (Phi) is 6.14. The number of anilines is 3. The van der Waals surface area contributed by atoms with Gasteiger partial charge in [0, 0.05) is 37.6 Å². The minimum Gasteiger partial charge on any atom is -0.369 e. The predicted molar refractivity (Wildman–Crippen MR) is 142 cm³/mol. The monoisotopic (exact) mass is 466 g/mol. The third kappa shape index (κ3) is 4.45. The van der Waals surface area contributed by atoms with E-state index in [0.717, 1.165) is 54.2 Å². The second-order valence-electron chi connectivity index (χ2n) is 9.31. The van der Waals surface area contributed by atoms with Crippen LogP contribution in [0.1, 0.15) is 16.7 Å². The second-order valence-corrected chi connectivity index (χ2v) is 9.31. The van der Waals surface area contributed by atoms with E-state index in [2.05, 4.69) is 34.3 Å². The lowest BCUT2D eigenvalue weighted by Crippen LogP contribution is -2.44. The molecule has 2 amide bonds. The Morgan fingerprint density at radius 3 is 2.11 bits per heavy atom. The van der Waals surface area contributed by atoms with Crippen molar-refractivity contribution in [3.8, 4) is 0 Å². The number of nitrogens with one attached hydrogen (secondary N) is 1. The molecule has 0 atom stereocenters. The van der Waals surface area contributed by atoms with Crippen molar-refractivity contribution in [3.63, 3.8) is 0 Å². The molecule has 0 radical (unpaired) electrons. The van der Waals surface area contributed by atoms with E-state index in [0.29, 0.717) is 17.0 Å². The fraction of sp³-hybridized carbons (Fsp3) is 0.241. The summed E-state index contributed by atoms with van der Waals surface area (Å²) in [4.78, 5) is 33.3. The Labute approximate surface area is 206 Å². The number of benzene rings is 3. The molecule has 5 rings (SSSR count). The molecular formula is C29H30N4O2. The van der Waals surface area contributed by atoms with Gasteiger partial charge in [-0.25, -0.2) is 4.90 Å². The van der Waals surface area contributed by atoms with E-state index in [1.54, 1.807) is 0 Å². The highest BCUT2D eigenvalue weighted by Crippen LogP contribution is 2.35. The van der Waals surface area contributed by atoms with E-state index in [1.165, 1.54) is 4.90 Å². The van der Waals surface area contributed by atoms with Crippen molar-refractivity contribution in [2.45, 2.75) is 13.8 Å². The van der Waals surface area contributed by atoms with Crippen LogP contribution in [0.3, 0.4) is 0 Å². The molecule has 178 valence electrons. The molecule has 0 aromatic heterocycles. The van der Waals surface area contributed by atoms with Crippen molar-refractivity contribution in [1.82, 2.24) is 4.90 Å². The fourth-order valence-corrected chi connectivity index (χ4v) is 4.76. The number of likely N-dealkylation sites (N-methyl/N-ethyl adjacent to an activating group) is 1. The Balaban J connectivity index is 1.48. The van der Waals surface area contributed by atoms with E-state index >= 15 is 0 Å². The summed E-state index contributed by atoms with van der Waals surface area (Å²) in [5.41, 5.74) is 5.92. The van der Waals surface area contributed by atoms with E-state index in [4.69, 9.17) is 0 Å². The molecule has 0 saturated carbocycles. The van der Waals surface area contributed by atoms with E-state index in [-0.39, 0.29) is 11.8 Å². The molecule has 2 heterocycles. The Hall–Kier alpha value is -3.90. The van der Waals surface area contributed by atoms with Crippen molar-refractivity contribution >= 4 is 34.4 Å². The Morgan fingerprint density at radius 1 is 0.771 bits per heavy atom. The first-order chi connectivity index (χ1) is 16.9. The molecule has 0 aliphatic carbocycles. The van der Waals surface area contributed by atoms with Crippen LogP contribution in [0.2, 0.25) is 0 Å². The number of carbonyl (C=O) groups is 2. The van der Waals surface area contributed by atoms with Crippen molar-refractivity contribution < 1.29 is 9.59 Å². The van der Waals surface area contributed by atoms with E-state index < -0.39 is 0 Å². The lowest BCUT2D eigenvalue weighted by atomic mass is 10.0. The number of amides is 2. The summed E-state index contributed by atoms with van der Waals surface area (Å²) in [5.74, 6) is -0.659. The highest BCUT2D eigenvalue weighted by Gasteiger charge is 2.40. The largest absolute Gasteiger partial charge is 0.369 e. The maximum atomic E-state index is 13.7. The van der Waals surface area contributed by atoms with Crippen molar-refractivity contribution in [2.75, 3.05) is 48.3 Å². The van der Waals surface area contributed by atoms with Crippen LogP contribution in [0.25, 0.3) is 5.57 Å². The molecule has 3 aromatic rings. The smallest absolute Gasteiger partial charge is 0.282 e. The number of nitrogens with zero attached hydrogens (tertiary/aromatic N) is 3. The molecule has 6 heteroatoms. The number of imide groups is 1. The molecule has 6 nitrogen and oxygen atoms in total. The molecule has 2 aliphatic heterocycles. The van der Waals surface area contributed by atoms with Gasteiger partial charge in [-0.05, 0) is 62.4 Å². The van der Waals surface area contributed by atoms with Crippen molar-refractivity contribution in [2.24, 2.45) is 0 Å². The summed E-state index contributed by atoms with van der Waals surface area (Å²) in [6.07, 6.45) is 0. The third-order valence-electron chi connectivity index (χ3n) is 6.74. The zero-order valence-corrected chi connectivity index (χ0v) is 20.4. The summed E-state index contributed by atoms with van der Waals surface area (Å²) in [6, 6.07) is 23.2. The number of rotatable bonds is 5. The highest BCUT2D eigenvalue weighted by molar-refractivity contribution is 6.46. The van der Waals surface area contributed by atoms with Gasteiger partial charge in [-0.2, -0.15) is 0 Å². The van der Waals surface area contributed by atoms with Crippen LogP contribution in [-0.4, -0.2) is 49.9 Å². The minimum atomic E-state index is -0.344. The van der Waals surface area contributed by atoms with Gasteiger partial charge >= 0.3 is 0 Å². The van der Waals surface area contributed by atoms with Gasteiger partial charge in [0.05, 0.1) is 11.3 Å². The van der Waals surface area contributed by atoms with Gasteiger partial charge in [0.2, 0.25) is 0 Å². The molecule has 1 saturated heterocycles. The van der Waals surface area contributed by atoms with Gasteiger partial charge in [-0.15, -0.1) is 0 Å². The van der Waals surface area contributed by atoms with Crippen LogP contribution in [0, 0.1) is 13.8 Å². The number of hydrogen-bond acceptors (Lipinski definition) is 5. The third-order valence-corrected chi connectivity index (χ3v) is 6.74. The zero-order chi connectivity index (χ0) is 24.5. The summed E-state index contributed by atoms with van der Waals surface area (Å²) >= 11 is 0. The molecule has 35 heavy (non-hydrogen) atoms. The molecule has 3 aromatic carbocycles. The Morgan fingerprint density at radius 2 is 1.46 bits per heavy atom. The molecule has 0 spiro atoms. The number of piperazine rings is 1. The lowest BCUT2D eigenvalue weighted by molar-refractivity contribution is -0.120. The van der Waals surface area contributed by atoms with Crippen LogP contribution in [0.5, 0.6) is 0 Å². The molecule has 1 fully saturated rings. The second kappa shape index (κ2) is 9.39. The van der Waals surface area contributed by atoms with Gasteiger partial charge in [0.25, 0.3) is 11.8 Å². The Bertz CT molecular complexity index is 1290.